The summed E-state index contributed by atoms with van der Waals surface area (Å²) >= 11 is 0. The van der Waals surface area contributed by atoms with Gasteiger partial charge in [0.25, 0.3) is 0 Å². The first-order valence-corrected chi connectivity index (χ1v) is 6.90. The van der Waals surface area contributed by atoms with Crippen molar-refractivity contribution in [3.05, 3.63) is 65.2 Å². The molecule has 2 aromatic carbocycles. The van der Waals surface area contributed by atoms with E-state index < -0.39 is 11.7 Å². The summed E-state index contributed by atoms with van der Waals surface area (Å²) in [5.41, 5.74) is 1.84. The van der Waals surface area contributed by atoms with Gasteiger partial charge in [-0.2, -0.15) is 13.2 Å². The van der Waals surface area contributed by atoms with Crippen molar-refractivity contribution in [2.24, 2.45) is 0 Å². The van der Waals surface area contributed by atoms with E-state index in [4.69, 9.17) is 0 Å². The lowest BCUT2D eigenvalue weighted by molar-refractivity contribution is -0.137. The summed E-state index contributed by atoms with van der Waals surface area (Å²) in [5, 5.41) is 0. The first kappa shape index (κ1) is 14.6. The minimum absolute atomic E-state index is 0.0268. The molecule has 0 radical (unpaired) electrons. The van der Waals surface area contributed by atoms with Gasteiger partial charge in [-0.15, -0.1) is 0 Å². The quantitative estimate of drug-likeness (QED) is 0.821. The number of nitrogens with zero attached hydrogens (tertiary/aromatic N) is 1. The molecular formula is C17H14F3NO. The first-order chi connectivity index (χ1) is 10.4. The van der Waals surface area contributed by atoms with Crippen LogP contribution < -0.4 is 4.90 Å². The minimum Gasteiger partial charge on any atom is -0.315 e. The highest BCUT2D eigenvalue weighted by Crippen LogP contribution is 2.38. The summed E-state index contributed by atoms with van der Waals surface area (Å²) < 4.78 is 37.7. The third-order valence-electron chi connectivity index (χ3n) is 4.02. The molecule has 0 saturated carbocycles. The third kappa shape index (κ3) is 2.47. The van der Waals surface area contributed by atoms with Gasteiger partial charge in [-0.05, 0) is 35.7 Å². The number of anilines is 1. The number of fused-ring (bicyclic) bond motifs is 1. The third-order valence-corrected chi connectivity index (χ3v) is 4.02. The van der Waals surface area contributed by atoms with Crippen LogP contribution in [0, 0.1) is 0 Å². The molecule has 1 aliphatic heterocycles. The van der Waals surface area contributed by atoms with E-state index in [9.17, 15) is 18.0 Å². The van der Waals surface area contributed by atoms with Crippen LogP contribution in [0.15, 0.2) is 48.5 Å². The molecule has 114 valence electrons. The number of hydrogen-bond donors (Lipinski definition) is 0. The van der Waals surface area contributed by atoms with Gasteiger partial charge in [-0.1, -0.05) is 30.3 Å². The van der Waals surface area contributed by atoms with Crippen molar-refractivity contribution in [1.82, 2.24) is 0 Å². The molecule has 0 aromatic heterocycles. The summed E-state index contributed by atoms with van der Waals surface area (Å²) in [6.45, 7) is 0. The van der Waals surface area contributed by atoms with Crippen molar-refractivity contribution in [2.45, 2.75) is 18.5 Å². The molecule has 1 heterocycles. The second kappa shape index (κ2) is 5.16. The maximum absolute atomic E-state index is 12.6. The Morgan fingerprint density at radius 3 is 2.32 bits per heavy atom. The molecule has 1 aliphatic rings. The van der Waals surface area contributed by atoms with Crippen LogP contribution in [0.4, 0.5) is 18.9 Å². The lowest BCUT2D eigenvalue weighted by Gasteiger charge is -2.12. The Hall–Kier alpha value is -2.30. The normalized spacial score (nSPS) is 17.7. The van der Waals surface area contributed by atoms with Gasteiger partial charge >= 0.3 is 6.18 Å². The summed E-state index contributed by atoms with van der Waals surface area (Å²) in [4.78, 5) is 13.9. The molecule has 1 atom stereocenters. The highest BCUT2D eigenvalue weighted by Gasteiger charge is 2.35. The smallest absolute Gasteiger partial charge is 0.315 e. The Balaban J connectivity index is 1.86. The number of rotatable bonds is 2. The fourth-order valence-electron chi connectivity index (χ4n) is 2.84. The zero-order chi connectivity index (χ0) is 15.9. The molecule has 1 amide bonds. The van der Waals surface area contributed by atoms with Gasteiger partial charge in [0.1, 0.15) is 0 Å². The van der Waals surface area contributed by atoms with Crippen molar-refractivity contribution < 1.29 is 18.0 Å². The average molecular weight is 305 g/mol. The maximum Gasteiger partial charge on any atom is 0.416 e. The van der Waals surface area contributed by atoms with E-state index in [0.29, 0.717) is 6.42 Å². The molecule has 0 aliphatic carbocycles. The summed E-state index contributed by atoms with van der Waals surface area (Å²) in [6.07, 6.45) is -3.94. The molecule has 0 fully saturated rings. The van der Waals surface area contributed by atoms with E-state index in [2.05, 4.69) is 0 Å². The summed E-state index contributed by atoms with van der Waals surface area (Å²) in [5.74, 6) is -0.362. The van der Waals surface area contributed by atoms with Gasteiger partial charge in [0, 0.05) is 12.7 Å². The molecular weight excluding hydrogens is 291 g/mol. The van der Waals surface area contributed by atoms with Crippen molar-refractivity contribution in [1.29, 1.82) is 0 Å². The minimum atomic E-state index is -4.34. The standard InChI is InChI=1S/C17H14F3NO/c1-21-15-5-3-2-4-13(15)14(16(21)22)10-11-6-8-12(9-7-11)17(18,19)20/h2-9,14H,10H2,1H3. The van der Waals surface area contributed by atoms with Crippen LogP contribution in [-0.2, 0) is 17.4 Å². The molecule has 0 saturated heterocycles. The van der Waals surface area contributed by atoms with Crippen molar-refractivity contribution in [3.63, 3.8) is 0 Å². The monoisotopic (exact) mass is 305 g/mol. The fraction of sp³-hybridized carbons (Fsp3) is 0.235. The molecule has 2 aromatic rings. The van der Waals surface area contributed by atoms with Gasteiger partial charge in [-0.3, -0.25) is 4.79 Å². The predicted molar refractivity (Wildman–Crippen MR) is 77.7 cm³/mol. The van der Waals surface area contributed by atoms with Crippen LogP contribution in [0.5, 0.6) is 0 Å². The number of amides is 1. The van der Waals surface area contributed by atoms with Crippen LogP contribution in [-0.4, -0.2) is 13.0 Å². The van der Waals surface area contributed by atoms with Gasteiger partial charge in [0.05, 0.1) is 11.5 Å². The fourth-order valence-corrected chi connectivity index (χ4v) is 2.84. The first-order valence-electron chi connectivity index (χ1n) is 6.90. The van der Waals surface area contributed by atoms with E-state index in [0.717, 1.165) is 28.9 Å². The Morgan fingerprint density at radius 2 is 1.68 bits per heavy atom. The molecule has 5 heteroatoms. The SMILES string of the molecule is CN1C(=O)C(Cc2ccc(C(F)(F)F)cc2)c2ccccc21. The highest BCUT2D eigenvalue weighted by atomic mass is 19.4. The Bertz CT molecular complexity index is 707. The number of para-hydroxylation sites is 1. The number of carbonyl (C=O) groups excluding carboxylic acids is 1. The molecule has 0 N–H and O–H groups in total. The molecule has 2 nitrogen and oxygen atoms in total. The molecule has 0 spiro atoms. The molecule has 1 unspecified atom stereocenters. The summed E-state index contributed by atoms with van der Waals surface area (Å²) in [6, 6.07) is 12.5. The number of likely N-dealkylation sites (N-methyl/N-ethyl adjacent to an activating group) is 1. The molecule has 3 rings (SSSR count). The predicted octanol–water partition coefficient (Wildman–Crippen LogP) is 4.01. The second-order valence-electron chi connectivity index (χ2n) is 5.41. The maximum atomic E-state index is 12.6. The van der Waals surface area contributed by atoms with Crippen molar-refractivity contribution in [3.8, 4) is 0 Å². The topological polar surface area (TPSA) is 20.3 Å². The van der Waals surface area contributed by atoms with Crippen LogP contribution in [0.25, 0.3) is 0 Å². The second-order valence-corrected chi connectivity index (χ2v) is 5.41. The Kier molecular flexibility index (Phi) is 3.43. The van der Waals surface area contributed by atoms with E-state index in [1.165, 1.54) is 12.1 Å². The molecule has 0 bridgehead atoms. The number of benzene rings is 2. The number of alkyl halides is 3. The van der Waals surface area contributed by atoms with Crippen LogP contribution >= 0.6 is 0 Å². The lowest BCUT2D eigenvalue weighted by Crippen LogP contribution is -2.24. The average Bonchev–Trinajstić information content (AvgIpc) is 2.73. The Morgan fingerprint density at radius 1 is 1.05 bits per heavy atom. The van der Waals surface area contributed by atoms with Gasteiger partial charge in [0.2, 0.25) is 5.91 Å². The van der Waals surface area contributed by atoms with Gasteiger partial charge in [-0.25, -0.2) is 0 Å². The lowest BCUT2D eigenvalue weighted by atomic mass is 9.93. The van der Waals surface area contributed by atoms with Gasteiger partial charge in [0.15, 0.2) is 0 Å². The largest absolute Gasteiger partial charge is 0.416 e. The van der Waals surface area contributed by atoms with Crippen LogP contribution in [0.2, 0.25) is 0 Å². The van der Waals surface area contributed by atoms with Crippen LogP contribution in [0.3, 0.4) is 0 Å². The molecule has 22 heavy (non-hydrogen) atoms. The van der Waals surface area contributed by atoms with E-state index in [-0.39, 0.29) is 11.8 Å². The van der Waals surface area contributed by atoms with E-state index >= 15 is 0 Å². The zero-order valence-corrected chi connectivity index (χ0v) is 11.9. The Labute approximate surface area is 126 Å². The van der Waals surface area contributed by atoms with Gasteiger partial charge < -0.3 is 4.90 Å². The van der Waals surface area contributed by atoms with E-state index in [1.54, 1.807) is 11.9 Å². The highest BCUT2D eigenvalue weighted by molar-refractivity contribution is 6.04. The van der Waals surface area contributed by atoms with E-state index in [1.807, 2.05) is 24.3 Å². The summed E-state index contributed by atoms with van der Waals surface area (Å²) in [7, 11) is 1.72. The number of carbonyl (C=O) groups is 1. The zero-order valence-electron chi connectivity index (χ0n) is 11.9. The van der Waals surface area contributed by atoms with Crippen molar-refractivity contribution in [2.75, 3.05) is 11.9 Å². The van der Waals surface area contributed by atoms with Crippen LogP contribution in [0.1, 0.15) is 22.6 Å². The number of hydrogen-bond acceptors (Lipinski definition) is 1. The number of halogens is 3. The van der Waals surface area contributed by atoms with Crippen molar-refractivity contribution >= 4 is 11.6 Å².